The predicted molar refractivity (Wildman–Crippen MR) is 17.8 cm³/mol. The Bertz CT molecular complexity index is 51.0. The molecule has 0 aliphatic carbocycles. The molecule has 4 N–H and O–H groups in total. The van der Waals surface area contributed by atoms with Gasteiger partial charge in [-0.05, 0) is 0 Å². The number of hydrogen-bond donors (Lipinski definition) is 1. The Labute approximate surface area is 59.4 Å². The summed E-state index contributed by atoms with van der Waals surface area (Å²) in [7, 11) is 0. The van der Waals surface area contributed by atoms with Crippen LogP contribution in [0.1, 0.15) is 6.92 Å². The molecule has 7 heavy (non-hydrogen) atoms. The maximum Gasteiger partial charge on any atom is -0.369 e. The van der Waals surface area contributed by atoms with Crippen LogP contribution in [-0.4, -0.2) is 5.97 Å². The molecule has 5 heteroatoms. The Morgan fingerprint density at radius 1 is 1.71 bits per heavy atom. The van der Waals surface area contributed by atoms with Crippen molar-refractivity contribution in [2.45, 2.75) is 6.92 Å². The van der Waals surface area contributed by atoms with E-state index in [-0.39, 0.29) is 24.5 Å². The molecule has 0 fully saturated rings. The monoisotopic (exact) mass is 305 g/mol. The van der Waals surface area contributed by atoms with Gasteiger partial charge in [0.2, 0.25) is 0 Å². The van der Waals surface area contributed by atoms with Gasteiger partial charge in [0.15, 0.2) is 0 Å². The van der Waals surface area contributed by atoms with E-state index in [4.69, 9.17) is 0 Å². The summed E-state index contributed by atoms with van der Waals surface area (Å²) in [6.45, 7) is 1.36. The zero-order valence-corrected chi connectivity index (χ0v) is 7.18. The van der Waals surface area contributed by atoms with E-state index in [2.05, 4.69) is 3.50 Å². The van der Waals surface area contributed by atoms with Crippen molar-refractivity contribution in [1.29, 1.82) is 0 Å². The maximum atomic E-state index is 9.59. The summed E-state index contributed by atoms with van der Waals surface area (Å²) >= 11 is 1.35. The normalized spacial score (nSPS) is 5.00. The van der Waals surface area contributed by atoms with Crippen LogP contribution < -0.4 is 18.6 Å². The third-order valence-electron chi connectivity index (χ3n) is 0.0958. The zero-order valence-electron chi connectivity index (χ0n) is 4.03. The van der Waals surface area contributed by atoms with Crippen molar-refractivity contribution in [1.82, 2.24) is 6.15 Å². The summed E-state index contributed by atoms with van der Waals surface area (Å²) in [6, 6.07) is 0. The number of quaternary nitrogens is 1. The first-order valence-corrected chi connectivity index (χ1v) is 2.02. The quantitative estimate of drug-likeness (QED) is 0.533. The standard InChI is InChI=1S/C2H4O2.ClH.Ir.H3N/c1-2(3)4;;;/h1H3,(H,3,4);1H;;1H3/q;;+1;/p-1. The van der Waals surface area contributed by atoms with Crippen LogP contribution in [0, 0.1) is 0 Å². The molecule has 0 bridgehead atoms. The Kier molecular flexibility index (Phi) is 21.5. The molecule has 0 heterocycles. The largest absolute Gasteiger partial charge is 1.00 e. The van der Waals surface area contributed by atoms with Crippen LogP contribution in [0.4, 0.5) is 0 Å². The zero-order chi connectivity index (χ0) is 4.28. The van der Waals surface area contributed by atoms with Crippen molar-refractivity contribution in [2.75, 3.05) is 0 Å². The van der Waals surface area contributed by atoms with Gasteiger partial charge < -0.3 is 18.6 Å². The predicted octanol–water partition coefficient (Wildman–Crippen LogP) is -2.61. The summed E-state index contributed by atoms with van der Waals surface area (Å²) in [6.07, 6.45) is 0. The third-order valence-corrected chi connectivity index (χ3v) is 0.784. The fourth-order valence-electron chi connectivity index (χ4n) is 0. The minimum absolute atomic E-state index is 0. The minimum Gasteiger partial charge on any atom is -1.00 e. The summed E-state index contributed by atoms with van der Waals surface area (Å²) in [5.41, 5.74) is 0. The van der Waals surface area contributed by atoms with Gasteiger partial charge in [0.05, 0.1) is 0 Å². The van der Waals surface area contributed by atoms with Crippen LogP contribution >= 0.6 is 0 Å². The van der Waals surface area contributed by atoms with Crippen molar-refractivity contribution in [3.05, 3.63) is 0 Å². The number of hydrogen-bond acceptors (Lipinski definition) is 2. The number of rotatable bonds is 0. The second-order valence-electron chi connectivity index (χ2n) is 0.560. The van der Waals surface area contributed by atoms with Gasteiger partial charge in [-0.25, -0.2) is 0 Å². The Morgan fingerprint density at radius 3 is 1.86 bits per heavy atom. The van der Waals surface area contributed by atoms with Crippen LogP contribution in [0.15, 0.2) is 0 Å². The first kappa shape index (κ1) is 15.7. The molecule has 48 valence electrons. The Balaban J connectivity index is -0.0000000800. The van der Waals surface area contributed by atoms with Gasteiger partial charge >= 0.3 is 40.5 Å². The molecule has 0 rings (SSSR count). The van der Waals surface area contributed by atoms with Crippen LogP contribution in [-0.2, 0) is 27.6 Å². The van der Waals surface area contributed by atoms with Crippen LogP contribution in [0.25, 0.3) is 0 Å². The first-order chi connectivity index (χ1) is 2.27. The molecule has 0 amide bonds. The molecule has 0 aromatic heterocycles. The van der Waals surface area contributed by atoms with Gasteiger partial charge in [0, 0.05) is 0 Å². The van der Waals surface area contributed by atoms with Gasteiger partial charge in [-0.1, -0.05) is 0 Å². The third kappa shape index (κ3) is 21.7. The van der Waals surface area contributed by atoms with E-state index in [1.807, 2.05) is 0 Å². The molecule has 0 radical (unpaired) electrons. The average Bonchev–Trinajstić information content (AvgIpc) is 1.38. The second kappa shape index (κ2) is 9.62. The molecule has 0 saturated carbocycles. The van der Waals surface area contributed by atoms with E-state index in [0.29, 0.717) is 0 Å². The SMILES string of the molecule is CC(=O)[O][Ir].[Cl-].[NH4+]. The van der Waals surface area contributed by atoms with Crippen molar-refractivity contribution < 1.29 is 40.0 Å². The molecule has 0 unspecified atom stereocenters. The molecule has 3 nitrogen and oxygen atoms in total. The topological polar surface area (TPSA) is 62.8 Å². The maximum absolute atomic E-state index is 9.59. The van der Waals surface area contributed by atoms with Crippen LogP contribution in [0.3, 0.4) is 0 Å². The molecule has 0 aromatic carbocycles. The molecular formula is C2H7ClIrNO2. The average molecular weight is 305 g/mol. The first-order valence-electron chi connectivity index (χ1n) is 1.04. The molecule has 0 spiro atoms. The van der Waals surface area contributed by atoms with E-state index in [1.165, 1.54) is 26.2 Å². The molecule has 0 saturated heterocycles. The van der Waals surface area contributed by atoms with Crippen molar-refractivity contribution in [2.24, 2.45) is 0 Å². The molecule has 0 aliphatic rings. The van der Waals surface area contributed by atoms with E-state index >= 15 is 0 Å². The Morgan fingerprint density at radius 2 is 1.86 bits per heavy atom. The second-order valence-corrected chi connectivity index (χ2v) is 1.05. The van der Waals surface area contributed by atoms with Crippen LogP contribution in [0.2, 0.25) is 0 Å². The van der Waals surface area contributed by atoms with E-state index in [0.717, 1.165) is 0 Å². The molecule has 0 aromatic rings. The van der Waals surface area contributed by atoms with E-state index < -0.39 is 0 Å². The van der Waals surface area contributed by atoms with Gasteiger partial charge in [-0.2, -0.15) is 0 Å². The molecular weight excluding hydrogens is 298 g/mol. The molecule has 0 atom stereocenters. The number of carbonyl (C=O) groups excluding carboxylic acids is 1. The summed E-state index contributed by atoms with van der Waals surface area (Å²) in [4.78, 5) is 9.59. The van der Waals surface area contributed by atoms with Crippen molar-refractivity contribution in [3.8, 4) is 0 Å². The van der Waals surface area contributed by atoms with Gasteiger partial charge in [0.1, 0.15) is 0 Å². The Hall–Kier alpha value is 0.369. The van der Waals surface area contributed by atoms with Crippen molar-refractivity contribution in [3.63, 3.8) is 0 Å². The number of halogens is 1. The summed E-state index contributed by atoms with van der Waals surface area (Å²) in [5, 5.41) is 0. The van der Waals surface area contributed by atoms with Gasteiger partial charge in [0.25, 0.3) is 0 Å². The van der Waals surface area contributed by atoms with Gasteiger partial charge in [-0.15, -0.1) is 0 Å². The van der Waals surface area contributed by atoms with Crippen molar-refractivity contribution >= 4 is 5.97 Å². The summed E-state index contributed by atoms with van der Waals surface area (Å²) in [5.74, 6) is -0.245. The number of carbonyl (C=O) groups is 1. The van der Waals surface area contributed by atoms with Crippen LogP contribution in [0.5, 0.6) is 0 Å². The fraction of sp³-hybridized carbons (Fsp3) is 0.500. The van der Waals surface area contributed by atoms with E-state index in [1.54, 1.807) is 0 Å². The summed E-state index contributed by atoms with van der Waals surface area (Å²) < 4.78 is 4.11. The van der Waals surface area contributed by atoms with E-state index in [9.17, 15) is 4.79 Å². The minimum atomic E-state index is -0.245. The smallest absolute Gasteiger partial charge is 0.369 e. The molecule has 0 aliphatic heterocycles. The fourth-order valence-corrected chi connectivity index (χ4v) is 0. The van der Waals surface area contributed by atoms with Gasteiger partial charge in [-0.3, -0.25) is 0 Å².